The average Bonchev–Trinajstić information content (AvgIpc) is 3.09. The lowest BCUT2D eigenvalue weighted by atomic mass is 10.2. The summed E-state index contributed by atoms with van der Waals surface area (Å²) in [4.78, 5) is 7.05. The number of rotatable bonds is 6. The van der Waals surface area contributed by atoms with Crippen LogP contribution in [0.25, 0.3) is 11.5 Å². The molecule has 2 aromatic carbocycles. The van der Waals surface area contributed by atoms with Crippen molar-refractivity contribution in [2.75, 3.05) is 26.2 Å². The second-order valence-corrected chi connectivity index (χ2v) is 6.93. The number of nitrogens with zero attached hydrogens (tertiary/aromatic N) is 2. The van der Waals surface area contributed by atoms with E-state index in [1.54, 1.807) is 0 Å². The van der Waals surface area contributed by atoms with Crippen molar-refractivity contribution in [3.8, 4) is 23.0 Å². The number of aryl methyl sites for hydroxylation is 1. The lowest BCUT2D eigenvalue weighted by Crippen LogP contribution is -2.45. The number of benzene rings is 2. The zero-order chi connectivity index (χ0) is 19.3. The van der Waals surface area contributed by atoms with Gasteiger partial charge < -0.3 is 19.6 Å². The van der Waals surface area contributed by atoms with Gasteiger partial charge in [-0.1, -0.05) is 24.3 Å². The van der Waals surface area contributed by atoms with Crippen LogP contribution in [0.3, 0.4) is 0 Å². The maximum atomic E-state index is 5.95. The Bertz CT molecular complexity index is 910. The Balaban J connectivity index is 1.49. The molecule has 6 heteroatoms. The molecular weight excluding hydrogens is 354 g/mol. The SMILES string of the molecule is Cc1oc(-c2cccc(Oc3ccccc3)c2)nc1CN1CCO[C@@H](CN)C1. The molecule has 3 aromatic rings. The summed E-state index contributed by atoms with van der Waals surface area (Å²) in [7, 11) is 0. The van der Waals surface area contributed by atoms with E-state index in [2.05, 4.69) is 4.90 Å². The van der Waals surface area contributed by atoms with E-state index in [1.807, 2.05) is 61.5 Å². The van der Waals surface area contributed by atoms with Crippen LogP contribution >= 0.6 is 0 Å². The Morgan fingerprint density at radius 3 is 2.79 bits per heavy atom. The summed E-state index contributed by atoms with van der Waals surface area (Å²) in [6.07, 6.45) is 0.0900. The van der Waals surface area contributed by atoms with Crippen molar-refractivity contribution in [3.05, 3.63) is 66.1 Å². The van der Waals surface area contributed by atoms with E-state index in [0.29, 0.717) is 19.0 Å². The van der Waals surface area contributed by atoms with Gasteiger partial charge in [0.05, 0.1) is 18.4 Å². The van der Waals surface area contributed by atoms with Crippen LogP contribution in [0, 0.1) is 6.92 Å². The number of nitrogens with two attached hydrogens (primary N) is 1. The van der Waals surface area contributed by atoms with Gasteiger partial charge in [0.2, 0.25) is 5.89 Å². The number of hydrogen-bond donors (Lipinski definition) is 1. The average molecular weight is 379 g/mol. The van der Waals surface area contributed by atoms with Gasteiger partial charge in [0.15, 0.2) is 0 Å². The molecule has 146 valence electrons. The number of morpholine rings is 1. The second-order valence-electron chi connectivity index (χ2n) is 6.93. The summed E-state index contributed by atoms with van der Waals surface area (Å²) in [6.45, 7) is 5.61. The van der Waals surface area contributed by atoms with Crippen LogP contribution in [0.4, 0.5) is 0 Å². The Kier molecular flexibility index (Phi) is 5.71. The molecule has 28 heavy (non-hydrogen) atoms. The third kappa shape index (κ3) is 4.42. The summed E-state index contributed by atoms with van der Waals surface area (Å²) in [6, 6.07) is 17.5. The van der Waals surface area contributed by atoms with E-state index in [1.165, 1.54) is 0 Å². The highest BCUT2D eigenvalue weighted by atomic mass is 16.5. The maximum absolute atomic E-state index is 5.95. The smallest absolute Gasteiger partial charge is 0.226 e. The van der Waals surface area contributed by atoms with E-state index in [9.17, 15) is 0 Å². The highest BCUT2D eigenvalue weighted by Crippen LogP contribution is 2.28. The summed E-state index contributed by atoms with van der Waals surface area (Å²) < 4.78 is 17.5. The first-order valence-electron chi connectivity index (χ1n) is 9.55. The van der Waals surface area contributed by atoms with E-state index in [-0.39, 0.29) is 6.10 Å². The molecule has 2 heterocycles. The molecule has 1 aliphatic heterocycles. The normalized spacial score (nSPS) is 17.6. The number of ether oxygens (including phenoxy) is 2. The van der Waals surface area contributed by atoms with Crippen molar-refractivity contribution in [2.24, 2.45) is 5.73 Å². The first kappa shape index (κ1) is 18.7. The highest BCUT2D eigenvalue weighted by Gasteiger charge is 2.22. The number of hydrogen-bond acceptors (Lipinski definition) is 6. The van der Waals surface area contributed by atoms with Gasteiger partial charge in [0.1, 0.15) is 17.3 Å². The second kappa shape index (κ2) is 8.56. The molecule has 0 aliphatic carbocycles. The molecule has 1 aliphatic rings. The van der Waals surface area contributed by atoms with Crippen LogP contribution in [-0.4, -0.2) is 42.2 Å². The summed E-state index contributed by atoms with van der Waals surface area (Å²) in [5, 5.41) is 0. The maximum Gasteiger partial charge on any atom is 0.226 e. The fourth-order valence-corrected chi connectivity index (χ4v) is 3.29. The molecule has 1 fully saturated rings. The molecule has 4 rings (SSSR count). The van der Waals surface area contributed by atoms with Crippen LogP contribution in [-0.2, 0) is 11.3 Å². The van der Waals surface area contributed by atoms with Crippen molar-refractivity contribution in [3.63, 3.8) is 0 Å². The van der Waals surface area contributed by atoms with E-state index < -0.39 is 0 Å². The number of para-hydroxylation sites is 1. The van der Waals surface area contributed by atoms with Crippen LogP contribution in [0.2, 0.25) is 0 Å². The van der Waals surface area contributed by atoms with Crippen LogP contribution in [0.1, 0.15) is 11.5 Å². The molecule has 2 N–H and O–H groups in total. The Morgan fingerprint density at radius 2 is 1.96 bits per heavy atom. The first-order valence-corrected chi connectivity index (χ1v) is 9.55. The molecule has 6 nitrogen and oxygen atoms in total. The van der Waals surface area contributed by atoms with Crippen molar-refractivity contribution in [1.29, 1.82) is 0 Å². The van der Waals surface area contributed by atoms with Crippen molar-refractivity contribution < 1.29 is 13.9 Å². The van der Waals surface area contributed by atoms with Gasteiger partial charge >= 0.3 is 0 Å². The molecule has 0 saturated carbocycles. The highest BCUT2D eigenvalue weighted by molar-refractivity contribution is 5.57. The standard InChI is InChI=1S/C22H25N3O3/c1-16-21(15-25-10-11-26-20(13-23)14-25)24-22(27-16)17-6-5-9-19(12-17)28-18-7-3-2-4-8-18/h2-9,12,20H,10-11,13-15,23H2,1H3/t20-/m0/s1. The van der Waals surface area contributed by atoms with Gasteiger partial charge in [-0.25, -0.2) is 4.98 Å². The van der Waals surface area contributed by atoms with Crippen LogP contribution in [0.5, 0.6) is 11.5 Å². The number of aromatic nitrogens is 1. The third-order valence-corrected chi connectivity index (χ3v) is 4.81. The van der Waals surface area contributed by atoms with E-state index >= 15 is 0 Å². The third-order valence-electron chi connectivity index (χ3n) is 4.81. The van der Waals surface area contributed by atoms with Gasteiger partial charge in [-0.05, 0) is 37.3 Å². The van der Waals surface area contributed by atoms with Crippen molar-refractivity contribution >= 4 is 0 Å². The minimum atomic E-state index is 0.0900. The summed E-state index contributed by atoms with van der Waals surface area (Å²) in [5.74, 6) is 2.99. The van der Waals surface area contributed by atoms with Gasteiger partial charge in [-0.2, -0.15) is 0 Å². The van der Waals surface area contributed by atoms with Crippen molar-refractivity contribution in [2.45, 2.75) is 19.6 Å². The largest absolute Gasteiger partial charge is 0.457 e. The van der Waals surface area contributed by atoms with Crippen LogP contribution < -0.4 is 10.5 Å². The molecule has 0 bridgehead atoms. The minimum Gasteiger partial charge on any atom is -0.457 e. The van der Waals surface area contributed by atoms with Gasteiger partial charge in [-0.3, -0.25) is 4.90 Å². The summed E-state index contributed by atoms with van der Waals surface area (Å²) >= 11 is 0. The molecule has 1 atom stereocenters. The van der Waals surface area contributed by atoms with Crippen LogP contribution in [0.15, 0.2) is 59.0 Å². The zero-order valence-electron chi connectivity index (χ0n) is 16.0. The Morgan fingerprint density at radius 1 is 1.14 bits per heavy atom. The molecule has 0 spiro atoms. The predicted molar refractivity (Wildman–Crippen MR) is 107 cm³/mol. The number of oxazole rings is 1. The minimum absolute atomic E-state index is 0.0900. The molecule has 1 aromatic heterocycles. The quantitative estimate of drug-likeness (QED) is 0.705. The molecule has 0 unspecified atom stereocenters. The van der Waals surface area contributed by atoms with Gasteiger partial charge in [0.25, 0.3) is 0 Å². The molecule has 0 amide bonds. The lowest BCUT2D eigenvalue weighted by Gasteiger charge is -2.31. The molecule has 1 saturated heterocycles. The van der Waals surface area contributed by atoms with Crippen molar-refractivity contribution in [1.82, 2.24) is 9.88 Å². The Labute approximate surface area is 164 Å². The topological polar surface area (TPSA) is 73.8 Å². The fraction of sp³-hybridized carbons (Fsp3) is 0.318. The first-order chi connectivity index (χ1) is 13.7. The van der Waals surface area contributed by atoms with E-state index in [0.717, 1.165) is 48.2 Å². The molecular formula is C22H25N3O3. The Hall–Kier alpha value is -2.67. The fourth-order valence-electron chi connectivity index (χ4n) is 3.29. The van der Waals surface area contributed by atoms with Gasteiger partial charge in [-0.15, -0.1) is 0 Å². The summed E-state index contributed by atoms with van der Waals surface area (Å²) in [5.41, 5.74) is 7.58. The van der Waals surface area contributed by atoms with Gasteiger partial charge in [0, 0.05) is 31.7 Å². The predicted octanol–water partition coefficient (Wildman–Crippen LogP) is 3.60. The lowest BCUT2D eigenvalue weighted by molar-refractivity contribution is -0.0264. The zero-order valence-corrected chi connectivity index (χ0v) is 16.0. The monoisotopic (exact) mass is 379 g/mol. The van der Waals surface area contributed by atoms with E-state index in [4.69, 9.17) is 24.6 Å². The molecule has 0 radical (unpaired) electrons.